The maximum absolute atomic E-state index is 7.00. The summed E-state index contributed by atoms with van der Waals surface area (Å²) in [4.78, 5) is 14.0. The lowest BCUT2D eigenvalue weighted by molar-refractivity contribution is -0.00157. The predicted octanol–water partition coefficient (Wildman–Crippen LogP) is 8.72. The van der Waals surface area contributed by atoms with E-state index in [-0.39, 0.29) is 5.54 Å². The molecule has 5 heteroatoms. The average Bonchev–Trinajstić information content (AvgIpc) is 2.89. The van der Waals surface area contributed by atoms with Crippen LogP contribution in [0, 0.1) is 52.4 Å². The Bertz CT molecular complexity index is 984. The van der Waals surface area contributed by atoms with Gasteiger partial charge in [-0.25, -0.2) is 0 Å². The quantitative estimate of drug-likeness (QED) is 0.406. The Hall–Kier alpha value is -2.40. The second-order valence-corrected chi connectivity index (χ2v) is 13.6. The Labute approximate surface area is 228 Å². The summed E-state index contributed by atoms with van der Waals surface area (Å²) in [6.45, 7) is 2.08. The number of hydrogen-bond acceptors (Lipinski definition) is 5. The van der Waals surface area contributed by atoms with E-state index in [1.54, 1.807) is 0 Å². The summed E-state index contributed by atoms with van der Waals surface area (Å²) < 4.78 is 0. The van der Waals surface area contributed by atoms with Crippen molar-refractivity contribution in [1.29, 1.82) is 0 Å². The summed E-state index contributed by atoms with van der Waals surface area (Å²) in [6.07, 6.45) is 16.9. The molecule has 8 aliphatic rings. The molecule has 0 spiro atoms. The standard InChI is InChI=1S/C16H20N2.C10H17N.C7H8.O2/c1-2-4-15(5-3-1)17-18-16-9-12-6-13(10-16)8-14(7-12)11-16;11-10-4-7-1-8(5-10)3-9(2-7)6-10;1-7-5-3-2-4-6-7;1-2/h1-5,12-14H,6-11H2;7-9H,1-6,11H2;2-6H,1H3;. The highest BCUT2D eigenvalue weighted by Crippen LogP contribution is 2.57. The summed E-state index contributed by atoms with van der Waals surface area (Å²) in [7, 11) is 0. The molecule has 8 saturated carbocycles. The van der Waals surface area contributed by atoms with Crippen LogP contribution in [0.2, 0.25) is 0 Å². The van der Waals surface area contributed by atoms with Gasteiger partial charge in [0, 0.05) is 15.5 Å². The van der Waals surface area contributed by atoms with Crippen molar-refractivity contribution < 1.29 is 0 Å². The van der Waals surface area contributed by atoms with E-state index in [1.807, 2.05) is 48.5 Å². The van der Waals surface area contributed by atoms with E-state index in [0.29, 0.717) is 5.54 Å². The fourth-order valence-electron chi connectivity index (χ4n) is 9.56. The topological polar surface area (TPSA) is 84.9 Å². The molecular weight excluding hydrogens is 470 g/mol. The summed E-state index contributed by atoms with van der Waals surface area (Å²) >= 11 is 0. The average molecular weight is 516 g/mol. The number of azo groups is 1. The van der Waals surface area contributed by atoms with Gasteiger partial charge in [0.2, 0.25) is 0 Å². The van der Waals surface area contributed by atoms with Crippen LogP contribution in [0.3, 0.4) is 0 Å². The van der Waals surface area contributed by atoms with Crippen molar-refractivity contribution in [3.63, 3.8) is 0 Å². The zero-order valence-electron chi connectivity index (χ0n) is 23.0. The van der Waals surface area contributed by atoms with E-state index in [2.05, 4.69) is 24.2 Å². The van der Waals surface area contributed by atoms with Crippen LogP contribution >= 0.6 is 0 Å². The molecule has 5 nitrogen and oxygen atoms in total. The van der Waals surface area contributed by atoms with Gasteiger partial charge in [-0.2, -0.15) is 10.2 Å². The van der Waals surface area contributed by atoms with Gasteiger partial charge in [-0.05, 0) is 132 Å². The summed E-state index contributed by atoms with van der Waals surface area (Å²) in [5.41, 5.74) is 9.16. The molecule has 0 aromatic heterocycles. The number of hydrogen-bond donors (Lipinski definition) is 1. The van der Waals surface area contributed by atoms with E-state index in [1.165, 1.54) is 82.6 Å². The molecule has 10 rings (SSSR count). The molecule has 0 unspecified atom stereocenters. The molecule has 2 aromatic rings. The van der Waals surface area contributed by atoms with Crippen molar-refractivity contribution in [2.75, 3.05) is 0 Å². The van der Waals surface area contributed by atoms with Gasteiger partial charge in [0.1, 0.15) is 0 Å². The van der Waals surface area contributed by atoms with Crippen LogP contribution in [-0.4, -0.2) is 11.1 Å². The van der Waals surface area contributed by atoms with Gasteiger partial charge < -0.3 is 5.73 Å². The van der Waals surface area contributed by atoms with E-state index < -0.39 is 0 Å². The van der Waals surface area contributed by atoms with Gasteiger partial charge in [-0.15, -0.1) is 0 Å². The molecule has 8 fully saturated rings. The second-order valence-electron chi connectivity index (χ2n) is 13.6. The Kier molecular flexibility index (Phi) is 8.42. The maximum Gasteiger partial charge on any atom is 0.0852 e. The van der Waals surface area contributed by atoms with Gasteiger partial charge in [-0.3, -0.25) is 0 Å². The minimum absolute atomic E-state index is 0.213. The van der Waals surface area contributed by atoms with Crippen LogP contribution in [0.1, 0.15) is 82.6 Å². The molecule has 0 saturated heterocycles. The number of aryl methyl sites for hydroxylation is 1. The van der Waals surface area contributed by atoms with Gasteiger partial charge >= 0.3 is 0 Å². The minimum Gasteiger partial charge on any atom is -0.325 e. The molecule has 2 N–H and O–H groups in total. The molecule has 8 aliphatic carbocycles. The monoisotopic (exact) mass is 515 g/mol. The number of rotatable bonds is 2. The molecule has 204 valence electrons. The lowest BCUT2D eigenvalue weighted by Crippen LogP contribution is -2.55. The molecule has 0 atom stereocenters. The van der Waals surface area contributed by atoms with Crippen molar-refractivity contribution in [3.05, 3.63) is 76.2 Å². The lowest BCUT2D eigenvalue weighted by Gasteiger charge is -2.55. The Morgan fingerprint density at radius 2 is 0.974 bits per heavy atom. The normalized spacial score (nSPS) is 38.9. The van der Waals surface area contributed by atoms with Gasteiger partial charge in [0.05, 0.1) is 11.2 Å². The van der Waals surface area contributed by atoms with E-state index >= 15 is 0 Å². The van der Waals surface area contributed by atoms with Crippen LogP contribution < -0.4 is 5.73 Å². The van der Waals surface area contributed by atoms with Crippen LogP contribution in [0.25, 0.3) is 0 Å². The Morgan fingerprint density at radius 1 is 0.605 bits per heavy atom. The van der Waals surface area contributed by atoms with E-state index in [9.17, 15) is 0 Å². The molecule has 38 heavy (non-hydrogen) atoms. The van der Waals surface area contributed by atoms with Gasteiger partial charge in [-0.1, -0.05) is 54.1 Å². The number of nitrogens with zero attached hydrogens (tertiary/aromatic N) is 2. The first-order valence-corrected chi connectivity index (χ1v) is 14.9. The van der Waals surface area contributed by atoms with Crippen molar-refractivity contribution in [2.24, 2.45) is 51.5 Å². The third-order valence-electron chi connectivity index (χ3n) is 10.2. The van der Waals surface area contributed by atoms with Crippen LogP contribution in [0.4, 0.5) is 5.69 Å². The van der Waals surface area contributed by atoms with Crippen molar-refractivity contribution in [2.45, 2.75) is 95.1 Å². The van der Waals surface area contributed by atoms with Crippen LogP contribution in [-0.2, 0) is 0 Å². The van der Waals surface area contributed by atoms with Gasteiger partial charge in [0.15, 0.2) is 0 Å². The highest BCUT2D eigenvalue weighted by molar-refractivity contribution is 5.34. The SMILES string of the molecule is Cc1ccccc1.NC12CC3CC(CC(C3)C1)C2.O=O.c1ccc(N=NC23CC4CC(CC(C4)C2)C3)cc1. The first-order valence-electron chi connectivity index (χ1n) is 14.9. The van der Waals surface area contributed by atoms with Crippen molar-refractivity contribution in [3.8, 4) is 0 Å². The Balaban J connectivity index is 0.000000125. The second kappa shape index (κ2) is 11.8. The number of nitrogens with two attached hydrogens (primary N) is 1. The predicted molar refractivity (Wildman–Crippen MR) is 155 cm³/mol. The zero-order valence-corrected chi connectivity index (χ0v) is 23.0. The lowest BCUT2D eigenvalue weighted by atomic mass is 9.53. The minimum atomic E-state index is 0.213. The highest BCUT2D eigenvalue weighted by Gasteiger charge is 2.51. The highest BCUT2D eigenvalue weighted by atomic mass is 16.7. The summed E-state index contributed by atoms with van der Waals surface area (Å²) in [5.74, 6) is 5.91. The van der Waals surface area contributed by atoms with Crippen LogP contribution in [0.5, 0.6) is 0 Å². The zero-order chi connectivity index (χ0) is 26.6. The van der Waals surface area contributed by atoms with Crippen molar-refractivity contribution >= 4 is 5.69 Å². The fourth-order valence-corrected chi connectivity index (χ4v) is 9.56. The fraction of sp³-hybridized carbons (Fsp3) is 0.636. The third-order valence-corrected chi connectivity index (χ3v) is 10.2. The molecule has 0 aliphatic heterocycles. The van der Waals surface area contributed by atoms with Gasteiger partial charge in [0.25, 0.3) is 0 Å². The smallest absolute Gasteiger partial charge is 0.0852 e. The first-order chi connectivity index (χ1) is 18.4. The molecule has 0 heterocycles. The molecule has 0 radical (unpaired) electrons. The van der Waals surface area contributed by atoms with E-state index in [0.717, 1.165) is 41.2 Å². The molecule has 2 aromatic carbocycles. The first kappa shape index (κ1) is 27.2. The molecule has 8 bridgehead atoms. The van der Waals surface area contributed by atoms with Crippen LogP contribution in [0.15, 0.2) is 70.9 Å². The molecular formula is C33H45N3O2. The Morgan fingerprint density at radius 3 is 1.32 bits per heavy atom. The largest absolute Gasteiger partial charge is 0.325 e. The summed E-state index contributed by atoms with van der Waals surface area (Å²) in [6, 6.07) is 20.5. The van der Waals surface area contributed by atoms with E-state index in [4.69, 9.17) is 20.8 Å². The maximum atomic E-state index is 7.00. The summed E-state index contributed by atoms with van der Waals surface area (Å²) in [5, 5.41) is 9.33. The molecule has 0 amide bonds. The third kappa shape index (κ3) is 6.59. The number of benzene rings is 2. The van der Waals surface area contributed by atoms with Crippen molar-refractivity contribution in [1.82, 2.24) is 0 Å².